The number of amides is 2. The van der Waals surface area contributed by atoms with E-state index in [0.717, 1.165) is 5.56 Å². The van der Waals surface area contributed by atoms with E-state index in [9.17, 15) is 9.59 Å². The lowest BCUT2D eigenvalue weighted by Crippen LogP contribution is -2.26. The molecule has 0 aliphatic carbocycles. The number of methoxy groups -OCH3 is 1. The van der Waals surface area contributed by atoms with Gasteiger partial charge in [0.1, 0.15) is 5.75 Å². The number of anilines is 1. The normalized spacial score (nSPS) is 10.2. The fourth-order valence-corrected chi connectivity index (χ4v) is 2.05. The summed E-state index contributed by atoms with van der Waals surface area (Å²) in [6, 6.07) is 14.1. The molecule has 6 heteroatoms. The van der Waals surface area contributed by atoms with Crippen LogP contribution in [-0.2, 0) is 9.53 Å². The zero-order valence-electron chi connectivity index (χ0n) is 14.4. The van der Waals surface area contributed by atoms with Crippen molar-refractivity contribution in [3.8, 4) is 5.75 Å². The van der Waals surface area contributed by atoms with Crippen LogP contribution in [-0.4, -0.2) is 38.7 Å². The van der Waals surface area contributed by atoms with E-state index in [4.69, 9.17) is 9.47 Å². The lowest BCUT2D eigenvalue weighted by Gasteiger charge is -2.09. The SMILES string of the molecule is COCCNC(=O)c1ccc(NC(=O)COc2ccc(C)cc2)cc1. The number of benzene rings is 2. The molecule has 2 N–H and O–H groups in total. The van der Waals surface area contributed by atoms with E-state index in [-0.39, 0.29) is 18.4 Å². The molecule has 0 aliphatic rings. The molecule has 2 amide bonds. The average molecular weight is 342 g/mol. The number of carbonyl (C=O) groups excluding carboxylic acids is 2. The van der Waals surface area contributed by atoms with Crippen LogP contribution < -0.4 is 15.4 Å². The summed E-state index contributed by atoms with van der Waals surface area (Å²) >= 11 is 0. The molecule has 2 rings (SSSR count). The Morgan fingerprint density at radius 1 is 1.00 bits per heavy atom. The van der Waals surface area contributed by atoms with Crippen LogP contribution in [0.2, 0.25) is 0 Å². The molecule has 0 heterocycles. The van der Waals surface area contributed by atoms with Crippen LogP contribution in [0.5, 0.6) is 5.75 Å². The highest BCUT2D eigenvalue weighted by atomic mass is 16.5. The van der Waals surface area contributed by atoms with Crippen LogP contribution in [0.1, 0.15) is 15.9 Å². The minimum absolute atomic E-state index is 0.0810. The molecule has 0 saturated carbocycles. The van der Waals surface area contributed by atoms with Crippen molar-refractivity contribution in [1.82, 2.24) is 5.32 Å². The second kappa shape index (κ2) is 9.44. The van der Waals surface area contributed by atoms with Crippen molar-refractivity contribution in [2.75, 3.05) is 32.2 Å². The molecule has 0 spiro atoms. The van der Waals surface area contributed by atoms with E-state index >= 15 is 0 Å². The number of hydrogen-bond acceptors (Lipinski definition) is 4. The molecule has 2 aromatic carbocycles. The van der Waals surface area contributed by atoms with Crippen LogP contribution in [0.15, 0.2) is 48.5 Å². The highest BCUT2D eigenvalue weighted by molar-refractivity contribution is 5.96. The standard InChI is InChI=1S/C19H22N2O4/c1-14-3-9-17(10-4-14)25-13-18(22)21-16-7-5-15(6-8-16)19(23)20-11-12-24-2/h3-10H,11-13H2,1-2H3,(H,20,23)(H,21,22). The second-order valence-electron chi connectivity index (χ2n) is 5.48. The van der Waals surface area contributed by atoms with Gasteiger partial charge in [0.05, 0.1) is 6.61 Å². The largest absolute Gasteiger partial charge is 0.484 e. The van der Waals surface area contributed by atoms with Crippen LogP contribution in [0, 0.1) is 6.92 Å². The first-order chi connectivity index (χ1) is 12.1. The molecule has 0 saturated heterocycles. The first kappa shape index (κ1) is 18.5. The van der Waals surface area contributed by atoms with Gasteiger partial charge in [-0.25, -0.2) is 0 Å². The molecule has 0 atom stereocenters. The molecule has 132 valence electrons. The summed E-state index contributed by atoms with van der Waals surface area (Å²) in [4.78, 5) is 23.8. The predicted octanol–water partition coefficient (Wildman–Crippen LogP) is 2.39. The van der Waals surface area contributed by atoms with Gasteiger partial charge in [0.2, 0.25) is 0 Å². The lowest BCUT2D eigenvalue weighted by molar-refractivity contribution is -0.118. The summed E-state index contributed by atoms with van der Waals surface area (Å²) in [6.45, 7) is 2.81. The Labute approximate surface area is 147 Å². The van der Waals surface area contributed by atoms with Gasteiger partial charge in [-0.1, -0.05) is 17.7 Å². The number of rotatable bonds is 8. The summed E-state index contributed by atoms with van der Waals surface area (Å²) in [7, 11) is 1.58. The summed E-state index contributed by atoms with van der Waals surface area (Å²) in [6.07, 6.45) is 0. The molecule has 0 radical (unpaired) electrons. The number of hydrogen-bond donors (Lipinski definition) is 2. The van der Waals surface area contributed by atoms with E-state index < -0.39 is 0 Å². The van der Waals surface area contributed by atoms with Crippen molar-refractivity contribution in [2.45, 2.75) is 6.92 Å². The number of aryl methyl sites for hydroxylation is 1. The Morgan fingerprint density at radius 2 is 1.68 bits per heavy atom. The van der Waals surface area contributed by atoms with Crippen molar-refractivity contribution in [3.05, 3.63) is 59.7 Å². The maximum Gasteiger partial charge on any atom is 0.262 e. The molecule has 0 unspecified atom stereocenters. The van der Waals surface area contributed by atoms with Gasteiger partial charge < -0.3 is 20.1 Å². The van der Waals surface area contributed by atoms with Gasteiger partial charge in [-0.15, -0.1) is 0 Å². The highest BCUT2D eigenvalue weighted by Gasteiger charge is 2.07. The van der Waals surface area contributed by atoms with E-state index in [2.05, 4.69) is 10.6 Å². The zero-order chi connectivity index (χ0) is 18.1. The molecule has 2 aromatic rings. The third kappa shape index (κ3) is 6.27. The van der Waals surface area contributed by atoms with E-state index in [1.165, 1.54) is 0 Å². The highest BCUT2D eigenvalue weighted by Crippen LogP contribution is 2.12. The molecule has 0 aliphatic heterocycles. The lowest BCUT2D eigenvalue weighted by atomic mass is 10.2. The molecule has 0 bridgehead atoms. The average Bonchev–Trinajstić information content (AvgIpc) is 2.62. The maximum absolute atomic E-state index is 11.9. The topological polar surface area (TPSA) is 76.7 Å². The van der Waals surface area contributed by atoms with Gasteiger partial charge in [0, 0.05) is 24.9 Å². The molecular weight excluding hydrogens is 320 g/mol. The quantitative estimate of drug-likeness (QED) is 0.722. The van der Waals surface area contributed by atoms with Crippen LogP contribution in [0.3, 0.4) is 0 Å². The Hall–Kier alpha value is -2.86. The smallest absolute Gasteiger partial charge is 0.262 e. The first-order valence-corrected chi connectivity index (χ1v) is 7.95. The van der Waals surface area contributed by atoms with Gasteiger partial charge in [0.25, 0.3) is 11.8 Å². The summed E-state index contributed by atoms with van der Waals surface area (Å²) in [5.41, 5.74) is 2.25. The second-order valence-corrected chi connectivity index (χ2v) is 5.48. The van der Waals surface area contributed by atoms with E-state index in [0.29, 0.717) is 30.2 Å². The molecular formula is C19H22N2O4. The van der Waals surface area contributed by atoms with Gasteiger partial charge >= 0.3 is 0 Å². The molecule has 25 heavy (non-hydrogen) atoms. The van der Waals surface area contributed by atoms with Gasteiger partial charge in [0.15, 0.2) is 6.61 Å². The Bertz CT molecular complexity index is 696. The monoisotopic (exact) mass is 342 g/mol. The number of nitrogens with one attached hydrogen (secondary N) is 2. The number of carbonyl (C=O) groups is 2. The Kier molecular flexibility index (Phi) is 6.98. The summed E-state index contributed by atoms with van der Waals surface area (Å²) in [5.74, 6) is 0.194. The van der Waals surface area contributed by atoms with E-state index in [1.807, 2.05) is 31.2 Å². The Morgan fingerprint density at radius 3 is 2.32 bits per heavy atom. The van der Waals surface area contributed by atoms with Gasteiger partial charge in [-0.2, -0.15) is 0 Å². The van der Waals surface area contributed by atoms with Crippen molar-refractivity contribution in [1.29, 1.82) is 0 Å². The van der Waals surface area contributed by atoms with Gasteiger partial charge in [-0.05, 0) is 43.3 Å². The third-order valence-corrected chi connectivity index (χ3v) is 3.41. The molecule has 0 fully saturated rings. The van der Waals surface area contributed by atoms with Crippen LogP contribution in [0.4, 0.5) is 5.69 Å². The van der Waals surface area contributed by atoms with Crippen molar-refractivity contribution >= 4 is 17.5 Å². The van der Waals surface area contributed by atoms with E-state index in [1.54, 1.807) is 31.4 Å². The fourth-order valence-electron chi connectivity index (χ4n) is 2.05. The van der Waals surface area contributed by atoms with Crippen LogP contribution in [0.25, 0.3) is 0 Å². The minimum Gasteiger partial charge on any atom is -0.484 e. The summed E-state index contributed by atoms with van der Waals surface area (Å²) in [5, 5.41) is 5.46. The van der Waals surface area contributed by atoms with Crippen molar-refractivity contribution in [2.24, 2.45) is 0 Å². The van der Waals surface area contributed by atoms with Crippen molar-refractivity contribution < 1.29 is 19.1 Å². The first-order valence-electron chi connectivity index (χ1n) is 7.95. The molecule has 6 nitrogen and oxygen atoms in total. The zero-order valence-corrected chi connectivity index (χ0v) is 14.4. The Balaban J connectivity index is 1.80. The fraction of sp³-hybridized carbons (Fsp3) is 0.263. The summed E-state index contributed by atoms with van der Waals surface area (Å²) < 4.78 is 10.3. The maximum atomic E-state index is 11.9. The van der Waals surface area contributed by atoms with Gasteiger partial charge in [-0.3, -0.25) is 9.59 Å². The third-order valence-electron chi connectivity index (χ3n) is 3.41. The molecule has 0 aromatic heterocycles. The number of ether oxygens (including phenoxy) is 2. The minimum atomic E-state index is -0.266. The van der Waals surface area contributed by atoms with Crippen LogP contribution >= 0.6 is 0 Å². The van der Waals surface area contributed by atoms with Crippen molar-refractivity contribution in [3.63, 3.8) is 0 Å². The predicted molar refractivity (Wildman–Crippen MR) is 96.0 cm³/mol.